The Kier molecular flexibility index (Phi) is 10.8. The zero-order valence-electron chi connectivity index (χ0n) is 27.3. The van der Waals surface area contributed by atoms with E-state index in [9.17, 15) is 9.59 Å². The van der Waals surface area contributed by atoms with E-state index in [1.54, 1.807) is 26.4 Å². The molecule has 14 nitrogen and oxygen atoms in total. The number of ether oxygens (including phenoxy) is 7. The molecule has 3 aromatic rings. The van der Waals surface area contributed by atoms with Gasteiger partial charge >= 0.3 is 11.9 Å². The van der Waals surface area contributed by atoms with Gasteiger partial charge in [-0.15, -0.1) is 0 Å². The molecule has 2 fully saturated rings. The van der Waals surface area contributed by atoms with Gasteiger partial charge < -0.3 is 38.1 Å². The summed E-state index contributed by atoms with van der Waals surface area (Å²) in [6.07, 6.45) is 0.920. The van der Waals surface area contributed by atoms with E-state index in [0.717, 1.165) is 37.2 Å². The molecule has 0 amide bonds. The lowest BCUT2D eigenvalue weighted by molar-refractivity contribution is -0.465. The molecule has 1 aromatic heterocycles. The molecule has 0 radical (unpaired) electrons. The van der Waals surface area contributed by atoms with Gasteiger partial charge in [-0.2, -0.15) is 0 Å². The maximum atomic E-state index is 13.5. The number of rotatable bonds is 8. The third-order valence-corrected chi connectivity index (χ3v) is 9.76. The number of fused-ring (bicyclic) bond motifs is 6. The minimum absolute atomic E-state index is 0.0170. The van der Waals surface area contributed by atoms with Crippen LogP contribution in [0.25, 0.3) is 10.9 Å². The summed E-state index contributed by atoms with van der Waals surface area (Å²) in [5, 5.41) is 16.7. The van der Waals surface area contributed by atoms with Gasteiger partial charge in [0.1, 0.15) is 18.0 Å². The third kappa shape index (κ3) is 6.43. The van der Waals surface area contributed by atoms with Crippen molar-refractivity contribution in [2.24, 2.45) is 17.8 Å². The highest BCUT2D eigenvalue weighted by Crippen LogP contribution is 2.51. The van der Waals surface area contributed by atoms with Crippen LogP contribution < -0.4 is 18.9 Å². The summed E-state index contributed by atoms with van der Waals surface area (Å²) >= 11 is 0. The second kappa shape index (κ2) is 14.8. The van der Waals surface area contributed by atoms with Crippen LogP contribution in [0.5, 0.6) is 23.0 Å². The highest BCUT2D eigenvalue weighted by Gasteiger charge is 2.54. The molecule has 2 aliphatic heterocycles. The standard InChI is InChI=1S/C33H40N2O9.H2O3/c1-38-19-7-8-20-21-9-10-35-16-18-13-27(44-32(36)17-11-25(39-2)30(41-4)26(12-17)40-3)31(42-5)28(33(37)43-6)22(18)15-24(35)29(21)34-23(20)14-19;1-3-2/h7-8,11-12,14,18,22,24,27-28,31,34H,9-10,13,15-16H2,1-6H3;1-2H/t18-,22+,24-,27-,28+,31+;/m1./s1. The van der Waals surface area contributed by atoms with Crippen molar-refractivity contribution >= 4 is 22.8 Å². The van der Waals surface area contributed by atoms with Gasteiger partial charge in [-0.25, -0.2) is 15.3 Å². The molecule has 1 saturated carbocycles. The Labute approximate surface area is 272 Å². The van der Waals surface area contributed by atoms with E-state index in [-0.39, 0.29) is 29.4 Å². The summed E-state index contributed by atoms with van der Waals surface area (Å²) in [4.78, 5) is 33.1. The maximum Gasteiger partial charge on any atom is 0.338 e. The Morgan fingerprint density at radius 2 is 1.62 bits per heavy atom. The van der Waals surface area contributed by atoms with Crippen molar-refractivity contribution in [2.75, 3.05) is 55.7 Å². The van der Waals surface area contributed by atoms with E-state index >= 15 is 0 Å². The average Bonchev–Trinajstić information content (AvgIpc) is 3.47. The molecule has 6 atom stereocenters. The molecule has 256 valence electrons. The fourth-order valence-electron chi connectivity index (χ4n) is 7.76. The Bertz CT molecular complexity index is 1550. The van der Waals surface area contributed by atoms with E-state index in [1.807, 2.05) is 12.1 Å². The smallest absolute Gasteiger partial charge is 0.338 e. The van der Waals surface area contributed by atoms with Gasteiger partial charge in [0.15, 0.2) is 11.5 Å². The van der Waals surface area contributed by atoms with Crippen LogP contribution in [-0.4, -0.2) is 100 Å². The quantitative estimate of drug-likeness (QED) is 0.180. The van der Waals surface area contributed by atoms with Gasteiger partial charge in [0, 0.05) is 42.9 Å². The number of hydrogen-bond acceptors (Lipinski definition) is 13. The molecule has 0 bridgehead atoms. The number of hydrogen-bond donors (Lipinski definition) is 3. The molecule has 47 heavy (non-hydrogen) atoms. The number of nitrogens with one attached hydrogen (secondary N) is 1. The van der Waals surface area contributed by atoms with Gasteiger partial charge in [-0.05, 0) is 60.9 Å². The molecule has 3 heterocycles. The monoisotopic (exact) mass is 658 g/mol. The summed E-state index contributed by atoms with van der Waals surface area (Å²) in [7, 11) is 9.10. The average molecular weight is 659 g/mol. The number of carbonyl (C=O) groups is 2. The summed E-state index contributed by atoms with van der Waals surface area (Å²) in [5.74, 6) is 0.441. The lowest BCUT2D eigenvalue weighted by atomic mass is 9.63. The van der Waals surface area contributed by atoms with Crippen LogP contribution in [0.2, 0.25) is 0 Å². The van der Waals surface area contributed by atoms with E-state index < -0.39 is 24.1 Å². The van der Waals surface area contributed by atoms with E-state index in [0.29, 0.717) is 23.7 Å². The minimum Gasteiger partial charge on any atom is -0.497 e. The number of aromatic amines is 1. The fourth-order valence-corrected chi connectivity index (χ4v) is 7.76. The zero-order valence-corrected chi connectivity index (χ0v) is 27.3. The van der Waals surface area contributed by atoms with Crippen LogP contribution in [0.3, 0.4) is 0 Å². The lowest BCUT2D eigenvalue weighted by Crippen LogP contribution is -2.58. The Hall–Kier alpha value is -4.08. The van der Waals surface area contributed by atoms with Gasteiger partial charge in [0.25, 0.3) is 0 Å². The van der Waals surface area contributed by atoms with Crippen molar-refractivity contribution in [3.63, 3.8) is 0 Å². The summed E-state index contributed by atoms with van der Waals surface area (Å²) in [5.41, 5.74) is 3.83. The Balaban J connectivity index is 0.00000139. The number of esters is 2. The number of carbonyl (C=O) groups excluding carboxylic acids is 2. The highest BCUT2D eigenvalue weighted by molar-refractivity contribution is 5.91. The lowest BCUT2D eigenvalue weighted by Gasteiger charge is -2.52. The third-order valence-electron chi connectivity index (χ3n) is 9.76. The molecule has 2 aromatic carbocycles. The first-order valence-electron chi connectivity index (χ1n) is 15.3. The predicted molar refractivity (Wildman–Crippen MR) is 167 cm³/mol. The summed E-state index contributed by atoms with van der Waals surface area (Å²) in [6.45, 7) is 1.68. The van der Waals surface area contributed by atoms with Gasteiger partial charge in [-0.3, -0.25) is 9.69 Å². The Morgan fingerprint density at radius 3 is 2.21 bits per heavy atom. The molecule has 3 N–H and O–H groups in total. The van der Waals surface area contributed by atoms with Crippen LogP contribution in [0.15, 0.2) is 30.3 Å². The number of piperidine rings is 1. The van der Waals surface area contributed by atoms with Crippen LogP contribution in [0, 0.1) is 17.8 Å². The van der Waals surface area contributed by atoms with Crippen molar-refractivity contribution in [2.45, 2.75) is 37.5 Å². The number of H-pyrrole nitrogens is 1. The first-order valence-corrected chi connectivity index (χ1v) is 15.3. The van der Waals surface area contributed by atoms with Crippen molar-refractivity contribution in [3.05, 3.63) is 47.2 Å². The number of methoxy groups -OCH3 is 6. The van der Waals surface area contributed by atoms with Gasteiger partial charge in [-0.1, -0.05) is 5.04 Å². The van der Waals surface area contributed by atoms with Crippen LogP contribution in [0.1, 0.15) is 40.5 Å². The van der Waals surface area contributed by atoms with E-state index in [2.05, 4.69) is 21.0 Å². The molecular formula is C33H42N2O12. The minimum atomic E-state index is -0.670. The van der Waals surface area contributed by atoms with Crippen LogP contribution in [-0.2, 0) is 30.5 Å². The van der Waals surface area contributed by atoms with Gasteiger partial charge in [0.2, 0.25) is 5.75 Å². The molecule has 0 spiro atoms. The van der Waals surface area contributed by atoms with Crippen molar-refractivity contribution in [3.8, 4) is 23.0 Å². The molecule has 14 heteroatoms. The molecule has 1 saturated heterocycles. The largest absolute Gasteiger partial charge is 0.497 e. The van der Waals surface area contributed by atoms with Gasteiger partial charge in [0.05, 0.1) is 53.1 Å². The van der Waals surface area contributed by atoms with Crippen molar-refractivity contribution in [1.29, 1.82) is 0 Å². The number of benzene rings is 2. The van der Waals surface area contributed by atoms with Crippen LogP contribution >= 0.6 is 0 Å². The molecule has 0 unspecified atom stereocenters. The SMILES string of the molecule is COC(=O)[C@H]1[C@H]2C[C@@H]3c4[nH]c5cc(OC)ccc5c4CCN3C[C@H]2C[C@@H](OC(=O)c2cc(OC)c(OC)c(OC)c2)[C@@H]1OC.OOO. The van der Waals surface area contributed by atoms with E-state index in [4.69, 9.17) is 43.7 Å². The molecular weight excluding hydrogens is 616 g/mol. The second-order valence-corrected chi connectivity index (χ2v) is 11.8. The summed E-state index contributed by atoms with van der Waals surface area (Å²) in [6, 6.07) is 9.40. The topological polar surface area (TPSA) is 167 Å². The maximum absolute atomic E-state index is 13.5. The Morgan fingerprint density at radius 1 is 0.915 bits per heavy atom. The summed E-state index contributed by atoms with van der Waals surface area (Å²) < 4.78 is 39.1. The zero-order chi connectivity index (χ0) is 33.8. The molecule has 1 aliphatic carbocycles. The molecule has 3 aliphatic rings. The van der Waals surface area contributed by atoms with Crippen molar-refractivity contribution < 1.29 is 58.3 Å². The fraction of sp³-hybridized carbons (Fsp3) is 0.515. The predicted octanol–water partition coefficient (Wildman–Crippen LogP) is 4.12. The highest BCUT2D eigenvalue weighted by atomic mass is 17.4. The van der Waals surface area contributed by atoms with Crippen molar-refractivity contribution in [1.82, 2.24) is 9.88 Å². The molecule has 6 rings (SSSR count). The number of nitrogens with zero attached hydrogens (tertiary/aromatic N) is 1. The number of aromatic nitrogens is 1. The first kappa shape index (κ1) is 34.3. The normalized spacial score (nSPS) is 24.9. The van der Waals surface area contributed by atoms with E-state index in [1.165, 1.54) is 45.1 Å². The van der Waals surface area contributed by atoms with Crippen LogP contribution in [0.4, 0.5) is 0 Å². The first-order chi connectivity index (χ1) is 22.8. The second-order valence-electron chi connectivity index (χ2n) is 11.8.